The normalized spacial score (nSPS) is 19.0. The molecule has 0 radical (unpaired) electrons. The fraction of sp³-hybridized carbons (Fsp3) is 0.474. The molecule has 12 heteroatoms. The number of nitrogens with zero attached hydrogens (tertiary/aromatic N) is 4. The maximum Gasteiger partial charge on any atom is 0.573 e. The lowest BCUT2D eigenvalue weighted by Gasteiger charge is -2.24. The van der Waals surface area contributed by atoms with Crippen molar-refractivity contribution >= 4 is 11.8 Å². The minimum atomic E-state index is -4.84. The zero-order valence-electron chi connectivity index (χ0n) is 16.8. The lowest BCUT2D eigenvalue weighted by atomic mass is 10.1. The zero-order valence-corrected chi connectivity index (χ0v) is 16.8. The number of carbonyl (C=O) groups is 2. The molecule has 1 aromatic heterocycles. The van der Waals surface area contributed by atoms with Crippen LogP contribution in [-0.2, 0) is 6.54 Å². The molecule has 0 spiro atoms. The van der Waals surface area contributed by atoms with E-state index in [9.17, 15) is 27.2 Å². The van der Waals surface area contributed by atoms with E-state index in [2.05, 4.69) is 20.4 Å². The molecule has 3 rings (SSSR count). The molecule has 0 aliphatic carbocycles. The van der Waals surface area contributed by atoms with Crippen molar-refractivity contribution in [3.63, 3.8) is 0 Å². The fourth-order valence-corrected chi connectivity index (χ4v) is 3.29. The van der Waals surface area contributed by atoms with Crippen molar-refractivity contribution in [2.75, 3.05) is 6.54 Å². The number of aromatic nitrogens is 3. The molecular weight excluding hydrogens is 422 g/mol. The summed E-state index contributed by atoms with van der Waals surface area (Å²) in [6, 6.07) is 3.79. The smallest absolute Gasteiger partial charge is 0.406 e. The van der Waals surface area contributed by atoms with Crippen molar-refractivity contribution < 1.29 is 31.9 Å². The third-order valence-electron chi connectivity index (χ3n) is 4.55. The molecule has 1 N–H and O–H groups in total. The van der Waals surface area contributed by atoms with E-state index in [-0.39, 0.29) is 36.8 Å². The van der Waals surface area contributed by atoms with Gasteiger partial charge in [-0.3, -0.25) is 9.59 Å². The molecular formula is C19H21F4N5O3. The number of ether oxygens (including phenoxy) is 1. The van der Waals surface area contributed by atoms with Crippen molar-refractivity contribution in [2.45, 2.75) is 51.4 Å². The van der Waals surface area contributed by atoms with E-state index in [4.69, 9.17) is 0 Å². The van der Waals surface area contributed by atoms with Crippen LogP contribution in [0.15, 0.2) is 30.5 Å². The van der Waals surface area contributed by atoms with Crippen molar-refractivity contribution in [1.82, 2.24) is 25.2 Å². The van der Waals surface area contributed by atoms with Crippen molar-refractivity contribution in [2.24, 2.45) is 0 Å². The van der Waals surface area contributed by atoms with Gasteiger partial charge >= 0.3 is 6.36 Å². The summed E-state index contributed by atoms with van der Waals surface area (Å²) >= 11 is 0. The topological polar surface area (TPSA) is 89.4 Å². The van der Waals surface area contributed by atoms with Crippen LogP contribution in [0.4, 0.5) is 17.6 Å². The molecule has 2 aromatic rings. The van der Waals surface area contributed by atoms with Crippen molar-refractivity contribution in [3.8, 4) is 5.75 Å². The maximum absolute atomic E-state index is 14.1. The highest BCUT2D eigenvalue weighted by atomic mass is 19.4. The van der Waals surface area contributed by atoms with Gasteiger partial charge in [-0.25, -0.2) is 9.07 Å². The molecule has 0 unspecified atom stereocenters. The number of alkyl halides is 4. The number of carbonyl (C=O) groups excluding carboxylic acids is 2. The monoisotopic (exact) mass is 443 g/mol. The fourth-order valence-electron chi connectivity index (χ4n) is 3.29. The molecule has 1 aliphatic heterocycles. The number of amides is 2. The van der Waals surface area contributed by atoms with E-state index >= 15 is 0 Å². The molecule has 168 valence electrons. The Balaban J connectivity index is 1.69. The van der Waals surface area contributed by atoms with Gasteiger partial charge in [0.1, 0.15) is 11.9 Å². The molecule has 1 fully saturated rings. The number of benzene rings is 1. The van der Waals surface area contributed by atoms with E-state index in [1.54, 1.807) is 13.8 Å². The van der Waals surface area contributed by atoms with Crippen LogP contribution in [0.25, 0.3) is 0 Å². The van der Waals surface area contributed by atoms with Gasteiger partial charge in [-0.15, -0.1) is 18.3 Å². The van der Waals surface area contributed by atoms with E-state index < -0.39 is 36.1 Å². The van der Waals surface area contributed by atoms with Crippen LogP contribution in [0.5, 0.6) is 5.75 Å². The molecule has 8 nitrogen and oxygen atoms in total. The second kappa shape index (κ2) is 8.90. The van der Waals surface area contributed by atoms with Crippen LogP contribution < -0.4 is 10.1 Å². The third kappa shape index (κ3) is 5.92. The van der Waals surface area contributed by atoms with E-state index in [1.807, 2.05) is 0 Å². The summed E-state index contributed by atoms with van der Waals surface area (Å²) in [5.74, 6) is -1.38. The Bertz CT molecular complexity index is 929. The molecule has 2 atom stereocenters. The Hall–Kier alpha value is -3.18. The Morgan fingerprint density at radius 2 is 1.94 bits per heavy atom. The first-order valence-corrected chi connectivity index (χ1v) is 9.53. The minimum absolute atomic E-state index is 0.0639. The molecule has 0 bridgehead atoms. The second-order valence-corrected chi connectivity index (χ2v) is 7.47. The van der Waals surface area contributed by atoms with Crippen molar-refractivity contribution in [1.29, 1.82) is 0 Å². The SMILES string of the molecule is CC(C)NC(=O)c1cn(C[C@@H]2C[C@H](F)CN2C(=O)c2ccc(OC(F)(F)F)cc2)nn1. The van der Waals surface area contributed by atoms with Gasteiger partial charge < -0.3 is 15.0 Å². The van der Waals surface area contributed by atoms with Gasteiger partial charge in [-0.05, 0) is 38.1 Å². The number of likely N-dealkylation sites (tertiary alicyclic amines) is 1. The second-order valence-electron chi connectivity index (χ2n) is 7.47. The highest BCUT2D eigenvalue weighted by Crippen LogP contribution is 2.26. The van der Waals surface area contributed by atoms with Gasteiger partial charge in [-0.1, -0.05) is 5.21 Å². The molecule has 2 amide bonds. The Kier molecular flexibility index (Phi) is 6.46. The van der Waals surface area contributed by atoms with Crippen LogP contribution in [0.3, 0.4) is 0 Å². The number of rotatable bonds is 6. The predicted octanol–water partition coefficient (Wildman–Crippen LogP) is 2.57. The Labute approximate surface area is 175 Å². The van der Waals surface area contributed by atoms with Crippen LogP contribution in [0, 0.1) is 0 Å². The van der Waals surface area contributed by atoms with E-state index in [1.165, 1.54) is 27.9 Å². The average Bonchev–Trinajstić information content (AvgIpc) is 3.27. The summed E-state index contributed by atoms with van der Waals surface area (Å²) in [6.45, 7) is 3.56. The average molecular weight is 443 g/mol. The first-order valence-electron chi connectivity index (χ1n) is 9.53. The lowest BCUT2D eigenvalue weighted by molar-refractivity contribution is -0.274. The molecule has 1 saturated heterocycles. The molecule has 1 aromatic carbocycles. The molecule has 2 heterocycles. The van der Waals surface area contributed by atoms with Gasteiger partial charge in [0, 0.05) is 18.0 Å². The standard InChI is InChI=1S/C19H21F4N5O3/c1-11(2)24-17(29)16-10-27(26-25-16)9-14-7-13(20)8-28(14)18(30)12-3-5-15(6-4-12)31-19(21,22)23/h3-6,10-11,13-14H,7-9H2,1-2H3,(H,24,29)/t13-,14-/m0/s1. The molecule has 31 heavy (non-hydrogen) atoms. The summed E-state index contributed by atoms with van der Waals surface area (Å²) in [7, 11) is 0. The number of nitrogens with one attached hydrogen (secondary N) is 1. The Morgan fingerprint density at radius 1 is 1.26 bits per heavy atom. The summed E-state index contributed by atoms with van der Waals surface area (Å²) < 4.78 is 56.1. The summed E-state index contributed by atoms with van der Waals surface area (Å²) in [5, 5.41) is 10.3. The summed E-state index contributed by atoms with van der Waals surface area (Å²) in [5.41, 5.74) is 0.200. The number of halogens is 4. The van der Waals surface area contributed by atoms with E-state index in [0.717, 1.165) is 12.1 Å². The van der Waals surface area contributed by atoms with Gasteiger partial charge in [0.05, 0.1) is 25.3 Å². The quantitative estimate of drug-likeness (QED) is 0.694. The number of hydrogen-bond donors (Lipinski definition) is 1. The van der Waals surface area contributed by atoms with Crippen LogP contribution in [0.2, 0.25) is 0 Å². The largest absolute Gasteiger partial charge is 0.573 e. The summed E-state index contributed by atoms with van der Waals surface area (Å²) in [6.07, 6.45) is -4.62. The first-order chi connectivity index (χ1) is 14.5. The third-order valence-corrected chi connectivity index (χ3v) is 4.55. The molecule has 1 aliphatic rings. The number of hydrogen-bond acceptors (Lipinski definition) is 5. The predicted molar refractivity (Wildman–Crippen MR) is 100 cm³/mol. The highest BCUT2D eigenvalue weighted by molar-refractivity contribution is 5.95. The van der Waals surface area contributed by atoms with Crippen molar-refractivity contribution in [3.05, 3.63) is 41.7 Å². The maximum atomic E-state index is 14.1. The zero-order chi connectivity index (χ0) is 22.8. The van der Waals surface area contributed by atoms with Gasteiger partial charge in [0.2, 0.25) is 0 Å². The lowest BCUT2D eigenvalue weighted by Crippen LogP contribution is -2.38. The van der Waals surface area contributed by atoms with E-state index in [0.29, 0.717) is 0 Å². The van der Waals surface area contributed by atoms with Gasteiger partial charge in [0.15, 0.2) is 5.69 Å². The molecule has 0 saturated carbocycles. The van der Waals surface area contributed by atoms with Crippen LogP contribution in [0.1, 0.15) is 41.1 Å². The van der Waals surface area contributed by atoms with Crippen LogP contribution in [-0.4, -0.2) is 62.9 Å². The van der Waals surface area contributed by atoms with Gasteiger partial charge in [0.25, 0.3) is 11.8 Å². The van der Waals surface area contributed by atoms with Gasteiger partial charge in [-0.2, -0.15) is 0 Å². The first kappa shape index (κ1) is 22.5. The summed E-state index contributed by atoms with van der Waals surface area (Å²) in [4.78, 5) is 26.1. The highest BCUT2D eigenvalue weighted by Gasteiger charge is 2.36. The minimum Gasteiger partial charge on any atom is -0.406 e. The Morgan fingerprint density at radius 3 is 2.55 bits per heavy atom. The van der Waals surface area contributed by atoms with Crippen LogP contribution >= 0.6 is 0 Å².